The molecule has 242 valence electrons. The molecule has 2 aromatic carbocycles. The van der Waals surface area contributed by atoms with Crippen LogP contribution in [0.15, 0.2) is 52.5 Å². The monoisotopic (exact) mass is 628 g/mol. The van der Waals surface area contributed by atoms with Crippen LogP contribution in [-0.2, 0) is 13.0 Å². The second kappa shape index (κ2) is 11.9. The standard InChI is InChI=1S/C33H40F4N6O2/c1-19-25-13-21(32(25,2)3)14-27(19)41-31(42-12-10-38-29(17-42)33(35,36)37)40-22-6-8-24-28(15-22)39-18-43(30(24)44)11-9-20-5-7-23(45-4)16-26(20)34/h5-8,15-16,18-19,21,25,27,29,38H,9-14,17H2,1-4H3,(H,40,41). The van der Waals surface area contributed by atoms with Crippen LogP contribution in [0.4, 0.5) is 23.2 Å². The molecule has 1 aliphatic heterocycles. The number of nitrogens with one attached hydrogen (secondary N) is 2. The summed E-state index contributed by atoms with van der Waals surface area (Å²) in [4.78, 5) is 24.5. The first kappa shape index (κ1) is 31.3. The van der Waals surface area contributed by atoms with Gasteiger partial charge in [-0.15, -0.1) is 0 Å². The molecule has 12 heteroatoms. The van der Waals surface area contributed by atoms with E-state index in [2.05, 4.69) is 36.4 Å². The lowest BCUT2D eigenvalue weighted by Crippen LogP contribution is -2.60. The zero-order valence-corrected chi connectivity index (χ0v) is 26.0. The third kappa shape index (κ3) is 6.13. The van der Waals surface area contributed by atoms with Gasteiger partial charge in [0.1, 0.15) is 17.6 Å². The van der Waals surface area contributed by atoms with Gasteiger partial charge in [0, 0.05) is 37.9 Å². The van der Waals surface area contributed by atoms with Crippen molar-refractivity contribution in [1.29, 1.82) is 0 Å². The lowest BCUT2D eigenvalue weighted by atomic mass is 9.45. The third-order valence-electron chi connectivity index (χ3n) is 10.4. The quantitative estimate of drug-likeness (QED) is 0.214. The Balaban J connectivity index is 1.24. The van der Waals surface area contributed by atoms with Crippen molar-refractivity contribution in [3.63, 3.8) is 0 Å². The van der Waals surface area contributed by atoms with Gasteiger partial charge in [0.25, 0.3) is 5.56 Å². The number of aryl methyl sites for hydroxylation is 2. The van der Waals surface area contributed by atoms with E-state index < -0.39 is 18.0 Å². The van der Waals surface area contributed by atoms with Crippen molar-refractivity contribution < 1.29 is 22.3 Å². The van der Waals surface area contributed by atoms with Gasteiger partial charge in [-0.3, -0.25) is 9.36 Å². The van der Waals surface area contributed by atoms with E-state index in [1.54, 1.807) is 35.2 Å². The lowest BCUT2D eigenvalue weighted by molar-refractivity contribution is -0.161. The van der Waals surface area contributed by atoms with Gasteiger partial charge in [-0.2, -0.15) is 13.2 Å². The number of aliphatic imine (C=N–C) groups is 1. The first-order chi connectivity index (χ1) is 21.3. The molecule has 5 unspecified atom stereocenters. The first-order valence-electron chi connectivity index (χ1n) is 15.6. The van der Waals surface area contributed by atoms with Crippen LogP contribution in [0.2, 0.25) is 0 Å². The smallest absolute Gasteiger partial charge is 0.405 e. The molecule has 0 radical (unpaired) electrons. The van der Waals surface area contributed by atoms with Crippen molar-refractivity contribution in [2.45, 2.75) is 64.8 Å². The SMILES string of the molecule is COc1ccc(CCn2cnc3cc(NC(=NC4CC5CC(C4C)C5(C)C)N4CCNC(C(F)(F)F)C4)ccc3c2=O)c(F)c1. The van der Waals surface area contributed by atoms with E-state index in [0.29, 0.717) is 64.6 Å². The summed E-state index contributed by atoms with van der Waals surface area (Å²) in [6.07, 6.45) is -0.559. The maximum absolute atomic E-state index is 14.4. The summed E-state index contributed by atoms with van der Waals surface area (Å²) >= 11 is 0. The van der Waals surface area contributed by atoms with E-state index >= 15 is 0 Å². The fourth-order valence-corrected chi connectivity index (χ4v) is 7.43. The van der Waals surface area contributed by atoms with Crippen molar-refractivity contribution in [2.24, 2.45) is 28.2 Å². The zero-order chi connectivity index (χ0) is 32.1. The molecule has 1 aromatic heterocycles. The minimum absolute atomic E-state index is 0.00446. The molecule has 45 heavy (non-hydrogen) atoms. The van der Waals surface area contributed by atoms with Crippen molar-refractivity contribution in [3.8, 4) is 5.75 Å². The number of benzene rings is 2. The van der Waals surface area contributed by atoms with Gasteiger partial charge in [-0.1, -0.05) is 26.8 Å². The van der Waals surface area contributed by atoms with E-state index in [9.17, 15) is 22.4 Å². The molecule has 4 fully saturated rings. The number of methoxy groups -OCH3 is 1. The second-order valence-corrected chi connectivity index (χ2v) is 13.3. The molecule has 0 amide bonds. The molecule has 3 aromatic rings. The first-order valence-corrected chi connectivity index (χ1v) is 15.6. The number of ether oxygens (including phenoxy) is 1. The van der Waals surface area contributed by atoms with Crippen LogP contribution in [0.3, 0.4) is 0 Å². The average Bonchev–Trinajstić information content (AvgIpc) is 3.01. The van der Waals surface area contributed by atoms with Gasteiger partial charge in [-0.25, -0.2) is 14.4 Å². The Morgan fingerprint density at radius 3 is 2.69 bits per heavy atom. The lowest BCUT2D eigenvalue weighted by Gasteiger charge is -2.61. The molecule has 3 aliphatic carbocycles. The minimum atomic E-state index is -4.38. The molecule has 2 bridgehead atoms. The fraction of sp³-hybridized carbons (Fsp3) is 0.545. The topological polar surface area (TPSA) is 83.8 Å². The number of halogens is 4. The Morgan fingerprint density at radius 2 is 2.00 bits per heavy atom. The average molecular weight is 629 g/mol. The highest BCUT2D eigenvalue weighted by Crippen LogP contribution is 2.61. The number of aromatic nitrogens is 2. The summed E-state index contributed by atoms with van der Waals surface area (Å²) in [6.45, 7) is 7.37. The molecule has 1 saturated heterocycles. The van der Waals surface area contributed by atoms with Crippen molar-refractivity contribution >= 4 is 22.5 Å². The van der Waals surface area contributed by atoms with E-state index in [4.69, 9.17) is 9.73 Å². The van der Waals surface area contributed by atoms with Crippen LogP contribution >= 0.6 is 0 Å². The van der Waals surface area contributed by atoms with Crippen molar-refractivity contribution in [2.75, 3.05) is 32.1 Å². The van der Waals surface area contributed by atoms with Crippen LogP contribution < -0.4 is 20.9 Å². The normalized spacial score (nSPS) is 26.4. The summed E-state index contributed by atoms with van der Waals surface area (Å²) in [7, 11) is 1.47. The van der Waals surface area contributed by atoms with E-state index in [1.807, 2.05) is 0 Å². The number of fused-ring (bicyclic) bond motifs is 3. The zero-order valence-electron chi connectivity index (χ0n) is 26.0. The molecular weight excluding hydrogens is 588 g/mol. The highest BCUT2D eigenvalue weighted by atomic mass is 19.4. The van der Waals surface area contributed by atoms with Gasteiger partial charge in [0.15, 0.2) is 5.96 Å². The Morgan fingerprint density at radius 1 is 1.20 bits per heavy atom. The molecule has 8 nitrogen and oxygen atoms in total. The van der Waals surface area contributed by atoms with Crippen molar-refractivity contribution in [3.05, 3.63) is 64.5 Å². The van der Waals surface area contributed by atoms with Crippen LogP contribution in [0.5, 0.6) is 5.75 Å². The molecular formula is C33H40F4N6O2. The number of nitrogens with zero attached hydrogens (tertiary/aromatic N) is 4. The predicted molar refractivity (Wildman–Crippen MR) is 166 cm³/mol. The van der Waals surface area contributed by atoms with E-state index in [0.717, 1.165) is 6.42 Å². The van der Waals surface area contributed by atoms with Crippen LogP contribution in [-0.4, -0.2) is 65.4 Å². The number of anilines is 1. The van der Waals surface area contributed by atoms with Gasteiger partial charge < -0.3 is 20.3 Å². The van der Waals surface area contributed by atoms with Gasteiger partial charge in [-0.05, 0) is 72.3 Å². The summed E-state index contributed by atoms with van der Waals surface area (Å²) < 4.78 is 62.0. The van der Waals surface area contributed by atoms with Gasteiger partial charge in [0.05, 0.1) is 30.4 Å². The molecule has 3 saturated carbocycles. The van der Waals surface area contributed by atoms with Crippen molar-refractivity contribution in [1.82, 2.24) is 19.8 Å². The Hall–Kier alpha value is -3.67. The summed E-state index contributed by atoms with van der Waals surface area (Å²) in [6, 6.07) is 8.07. The van der Waals surface area contributed by atoms with Gasteiger partial charge in [0.2, 0.25) is 0 Å². The number of guanidine groups is 1. The highest BCUT2D eigenvalue weighted by Gasteiger charge is 2.56. The predicted octanol–water partition coefficient (Wildman–Crippen LogP) is 5.46. The van der Waals surface area contributed by atoms with Crippen LogP contribution in [0.1, 0.15) is 39.2 Å². The number of piperazine rings is 1. The summed E-state index contributed by atoms with van der Waals surface area (Å²) in [5.74, 6) is 1.82. The highest BCUT2D eigenvalue weighted by molar-refractivity contribution is 5.96. The largest absolute Gasteiger partial charge is 0.497 e. The van der Waals surface area contributed by atoms with E-state index in [-0.39, 0.29) is 36.7 Å². The fourth-order valence-electron chi connectivity index (χ4n) is 7.43. The van der Waals surface area contributed by atoms with Crippen LogP contribution in [0.25, 0.3) is 10.9 Å². The Bertz CT molecular complexity index is 1650. The molecule has 2 heterocycles. The summed E-state index contributed by atoms with van der Waals surface area (Å²) in [5.41, 5.74) is 1.49. The molecule has 2 N–H and O–H groups in total. The number of hydrogen-bond donors (Lipinski definition) is 2. The Kier molecular flexibility index (Phi) is 8.30. The second-order valence-electron chi connectivity index (χ2n) is 13.3. The molecule has 7 rings (SSSR count). The number of rotatable bonds is 6. The maximum atomic E-state index is 14.4. The number of hydrogen-bond acceptors (Lipinski definition) is 5. The Labute approximate surface area is 259 Å². The molecule has 0 spiro atoms. The van der Waals surface area contributed by atoms with Gasteiger partial charge >= 0.3 is 6.18 Å². The summed E-state index contributed by atoms with van der Waals surface area (Å²) in [5, 5.41) is 6.28. The number of alkyl halides is 3. The maximum Gasteiger partial charge on any atom is 0.405 e. The minimum Gasteiger partial charge on any atom is -0.497 e. The molecule has 5 atom stereocenters. The van der Waals surface area contributed by atoms with Crippen LogP contribution in [0, 0.1) is 29.0 Å². The third-order valence-corrected chi connectivity index (χ3v) is 10.4. The van der Waals surface area contributed by atoms with E-state index in [1.165, 1.54) is 30.5 Å². The molecule has 4 aliphatic rings.